The summed E-state index contributed by atoms with van der Waals surface area (Å²) in [5.41, 5.74) is -23.1. The molecule has 5 fully saturated rings. The van der Waals surface area contributed by atoms with Gasteiger partial charge < -0.3 is 149 Å². The number of piperidine rings is 5. The summed E-state index contributed by atoms with van der Waals surface area (Å²) < 4.78 is 121. The van der Waals surface area contributed by atoms with Gasteiger partial charge in [0.25, 0.3) is 0 Å². The summed E-state index contributed by atoms with van der Waals surface area (Å²) in [6.07, 6.45) is 4.85. The Bertz CT molecular complexity index is 2960. The van der Waals surface area contributed by atoms with Crippen LogP contribution in [-0.2, 0) is 45.7 Å². The molecule has 0 aliphatic carbocycles. The van der Waals surface area contributed by atoms with E-state index in [9.17, 15) is 195 Å². The molecule has 0 unspecified atom stereocenters. The van der Waals surface area contributed by atoms with E-state index in [-0.39, 0.29) is 85.9 Å². The Morgan fingerprint density at radius 3 is 0.411 bits per heavy atom. The van der Waals surface area contributed by atoms with Gasteiger partial charge in [0.2, 0.25) is 27.6 Å². The third-order valence-electron chi connectivity index (χ3n) is 18.9. The van der Waals surface area contributed by atoms with Gasteiger partial charge in [-0.05, 0) is 203 Å². The molecular formula is C54H128N8O40P10. The van der Waals surface area contributed by atoms with Gasteiger partial charge in [0.15, 0.2) is 0 Å². The van der Waals surface area contributed by atoms with Crippen molar-refractivity contribution in [2.45, 2.75) is 316 Å². The van der Waals surface area contributed by atoms with Crippen molar-refractivity contribution >= 4 is 76.0 Å². The first-order chi connectivity index (χ1) is 48.5. The number of aliphatic hydroxyl groups is 5. The molecule has 5 aliphatic rings. The molecule has 0 aromatic carbocycles. The van der Waals surface area contributed by atoms with E-state index >= 15 is 0 Å². The molecule has 0 radical (unpaired) electrons. The number of aliphatic hydroxyl groups excluding tert-OH is 5. The number of nitrogens with zero attached hydrogens (tertiary/aromatic N) is 8. The van der Waals surface area contributed by atoms with Crippen molar-refractivity contribution in [2.75, 3.05) is 26.2 Å². The van der Waals surface area contributed by atoms with Gasteiger partial charge in [-0.2, -0.15) is 25.3 Å². The Labute approximate surface area is 650 Å². The van der Waals surface area contributed by atoms with Crippen molar-refractivity contribution in [1.82, 2.24) is 40.0 Å². The summed E-state index contributed by atoms with van der Waals surface area (Å²) >= 11 is 0. The van der Waals surface area contributed by atoms with Crippen LogP contribution in [-0.4, -0.2) is 329 Å². The summed E-state index contributed by atoms with van der Waals surface area (Å²) in [4.78, 5) is 190. The lowest BCUT2D eigenvalue weighted by atomic mass is 9.80. The number of hydroxylamine groups is 10. The largest absolute Gasteiger partial charge is 0.393 e. The molecule has 0 bridgehead atoms. The fraction of sp³-hybridized carbons (Fsp3) is 1.00. The predicted molar refractivity (Wildman–Crippen MR) is 399 cm³/mol. The smallest absolute Gasteiger partial charge is 0.355 e. The van der Waals surface area contributed by atoms with Gasteiger partial charge in [0.05, 0.1) is 30.5 Å². The predicted octanol–water partition coefficient (Wildman–Crippen LogP) is 2.03. The molecule has 5 saturated heterocycles. The highest BCUT2D eigenvalue weighted by atomic mass is 31.3. The van der Waals surface area contributed by atoms with E-state index in [1.807, 2.05) is 138 Å². The van der Waals surface area contributed by atoms with E-state index in [2.05, 4.69) is 0 Å². The van der Waals surface area contributed by atoms with Gasteiger partial charge in [-0.25, -0.2) is 0 Å². The second-order valence-corrected chi connectivity index (χ2v) is 53.8. The molecule has 58 heteroatoms. The third kappa shape index (κ3) is 33.1. The van der Waals surface area contributed by atoms with Crippen LogP contribution >= 0.6 is 76.0 Å². The van der Waals surface area contributed by atoms with Crippen LogP contribution in [0, 0.1) is 0 Å². The van der Waals surface area contributed by atoms with Gasteiger partial charge >= 0.3 is 76.0 Å². The first-order valence-electron chi connectivity index (χ1n) is 34.1. The van der Waals surface area contributed by atoms with Crippen molar-refractivity contribution in [3.63, 3.8) is 0 Å². The first kappa shape index (κ1) is 113. The van der Waals surface area contributed by atoms with E-state index in [0.29, 0.717) is 64.2 Å². The molecule has 5 heterocycles. The van der Waals surface area contributed by atoms with Crippen LogP contribution in [0.4, 0.5) is 0 Å². The maximum atomic E-state index is 12.3. The van der Waals surface area contributed by atoms with Crippen LogP contribution in [0.25, 0.3) is 0 Å². The fourth-order valence-corrected chi connectivity index (χ4v) is 30.6. The van der Waals surface area contributed by atoms with E-state index in [4.69, 9.17) is 0 Å². The van der Waals surface area contributed by atoms with Crippen molar-refractivity contribution in [3.8, 4) is 0 Å². The monoisotopic (exact) mass is 1840 g/mol. The Morgan fingerprint density at radius 1 is 0.223 bits per heavy atom. The van der Waals surface area contributed by atoms with Crippen molar-refractivity contribution in [3.05, 3.63) is 0 Å². The average molecular weight is 1840 g/mol. The molecular weight excluding hydrogens is 1710 g/mol. The Hall–Kier alpha value is 0.780. The molecule has 0 spiro atoms. The minimum atomic E-state index is -6.63. The van der Waals surface area contributed by atoms with Crippen LogP contribution in [0.15, 0.2) is 0 Å². The van der Waals surface area contributed by atoms with E-state index < -0.39 is 144 Å². The molecule has 0 aromatic rings. The highest BCUT2D eigenvalue weighted by Gasteiger charge is 2.62. The summed E-state index contributed by atoms with van der Waals surface area (Å²) in [6, 6.07) is 0. The molecule has 48 nitrogen and oxygen atoms in total. The maximum absolute atomic E-state index is 12.3. The van der Waals surface area contributed by atoms with Crippen LogP contribution in [0.5, 0.6) is 0 Å². The lowest BCUT2D eigenvalue weighted by Gasteiger charge is -2.50. The number of rotatable bonds is 21. The van der Waals surface area contributed by atoms with Crippen LogP contribution in [0.2, 0.25) is 0 Å². The normalized spacial score (nSPS) is 23.7. The van der Waals surface area contributed by atoms with Crippen LogP contribution in [0.3, 0.4) is 0 Å². The molecule has 112 heavy (non-hydrogen) atoms. The molecule has 0 amide bonds. The fourth-order valence-electron chi connectivity index (χ4n) is 15.6. The second kappa shape index (κ2) is 38.5. The standard InChI is InChI=1S/C9H33N3O30P10.5C9H19NO2/c13-43(14,15)5(44(16,17)18)10(1-3-11(6(45(19,20)21)46(22,23)24)7(47(25,26)27)48(28,29)30)2-4-12(8(49(31,32)33)50(34,35)36)9(51(37,38)39)52(40,41)42;5*1-8(2)5-7(11)6-9(3,4)10(8)12/h5-9H,1-4H2,(H2,13,14,15)(H2,16,17,18)(H2,19,20,21)(H2,22,23,24)(H2,25,26,27)(H2,28,29,30)(H2,31,32,33)(H2,34,35,36)(H2,37,38,39)(H2,40,41,42);5*7,11-12H,5-6H2,1-4H3. The van der Waals surface area contributed by atoms with Crippen LogP contribution < -0.4 is 0 Å². The van der Waals surface area contributed by atoms with Gasteiger partial charge in [0.1, 0.15) is 0 Å². The summed E-state index contributed by atoms with van der Waals surface area (Å²) in [6.45, 7) is 30.3. The van der Waals surface area contributed by atoms with Crippen LogP contribution in [0.1, 0.15) is 203 Å². The third-order valence-corrected chi connectivity index (χ3v) is 37.0. The zero-order valence-corrected chi connectivity index (χ0v) is 75.2. The number of hydrogen-bond acceptors (Lipinski definition) is 28. The quantitative estimate of drug-likeness (QED) is 0.0731. The van der Waals surface area contributed by atoms with Crippen molar-refractivity contribution < 1.29 is 195 Å². The Balaban J connectivity index is 0.00000161. The van der Waals surface area contributed by atoms with Gasteiger partial charge in [0, 0.05) is 81.6 Å². The van der Waals surface area contributed by atoms with E-state index in [0.717, 1.165) is 0 Å². The summed E-state index contributed by atoms with van der Waals surface area (Å²) in [5.74, 6) is 0. The SMILES string of the molecule is CC1(C)CC(O)CC(C)(C)N1O.CC1(C)CC(O)CC(C)(C)N1O.CC1(C)CC(O)CC(C)(C)N1O.CC1(C)CC(O)CC(C)(C)N1O.CC1(C)CC(O)CC(C)(C)N1O.O=P(O)(O)C(N(CCN(C(P(=O)(O)O)P(=O)(O)O)C(P(=O)(O)O)P(=O)(O)O)CCN(C(P(=O)(O)O)P(=O)(O)O)C(P(=O)(O)O)P(=O)(O)O)P(=O)(O)O. The molecule has 0 aromatic heterocycles. The van der Waals surface area contributed by atoms with E-state index in [1.165, 1.54) is 25.3 Å². The lowest BCUT2D eigenvalue weighted by Crippen LogP contribution is -2.60. The highest BCUT2D eigenvalue weighted by molar-refractivity contribution is 7.73. The molecule has 674 valence electrons. The summed E-state index contributed by atoms with van der Waals surface area (Å²) in [5, 5.41) is 104. The summed E-state index contributed by atoms with van der Waals surface area (Å²) in [7, 11) is -66.1. The zero-order valence-electron chi connectivity index (χ0n) is 66.2. The molecule has 5 aliphatic heterocycles. The Morgan fingerprint density at radius 2 is 0.321 bits per heavy atom. The van der Waals surface area contributed by atoms with E-state index in [1.54, 1.807) is 0 Å². The number of hydrogen-bond donors (Lipinski definition) is 30. The van der Waals surface area contributed by atoms with Gasteiger partial charge in [-0.1, -0.05) is 0 Å². The van der Waals surface area contributed by atoms with Crippen molar-refractivity contribution in [1.29, 1.82) is 0 Å². The second-order valence-electron chi connectivity index (χ2n) is 35.1. The lowest BCUT2D eigenvalue weighted by molar-refractivity contribution is -0.257. The average Bonchev–Trinajstić information content (AvgIpc) is 0.753. The topological polar surface area (TPSA) is 804 Å². The molecule has 0 saturated carbocycles. The zero-order chi connectivity index (χ0) is 90.3. The van der Waals surface area contributed by atoms with Gasteiger partial charge in [-0.15, -0.1) is 0 Å². The molecule has 30 N–H and O–H groups in total. The minimum Gasteiger partial charge on any atom is -0.393 e. The maximum Gasteiger partial charge on any atom is 0.355 e. The Kier molecular flexibility index (Phi) is 38.8. The molecule has 5 rings (SSSR count). The highest BCUT2D eigenvalue weighted by Crippen LogP contribution is 2.71. The first-order valence-corrected chi connectivity index (χ1v) is 50.9. The van der Waals surface area contributed by atoms with Crippen molar-refractivity contribution in [2.24, 2.45) is 0 Å². The molecule has 0 atom stereocenters. The minimum absolute atomic E-state index is 0.293. The van der Waals surface area contributed by atoms with Gasteiger partial charge in [-0.3, -0.25) is 60.4 Å².